The Morgan fingerprint density at radius 2 is 1.86 bits per heavy atom. The molecular formula is C16H34N2O2Si. The molecule has 0 saturated carbocycles. The third kappa shape index (κ3) is 4.08. The van der Waals surface area contributed by atoms with Gasteiger partial charge in [0.25, 0.3) is 0 Å². The van der Waals surface area contributed by atoms with E-state index in [2.05, 4.69) is 50.6 Å². The molecule has 0 aromatic carbocycles. The molecule has 0 aromatic heterocycles. The predicted molar refractivity (Wildman–Crippen MR) is 91.0 cm³/mol. The zero-order chi connectivity index (χ0) is 16.4. The standard InChI is InChI=1S/C16H34N2O2Si/c1-12(2)16(4,5)18-10-9-17(15(18)21(7)8)11-13(3)14(19)20-6/h12-13,15,21H,9-11H2,1-8H3. The first-order chi connectivity index (χ1) is 9.62. The predicted octanol–water partition coefficient (Wildman–Crippen LogP) is 2.20. The van der Waals surface area contributed by atoms with Crippen LogP contribution < -0.4 is 0 Å². The van der Waals surface area contributed by atoms with Gasteiger partial charge in [0.15, 0.2) is 0 Å². The van der Waals surface area contributed by atoms with Gasteiger partial charge < -0.3 is 4.74 Å². The van der Waals surface area contributed by atoms with Crippen LogP contribution in [0.1, 0.15) is 34.6 Å². The monoisotopic (exact) mass is 314 g/mol. The highest BCUT2D eigenvalue weighted by Crippen LogP contribution is 2.32. The fourth-order valence-corrected chi connectivity index (χ4v) is 5.63. The summed E-state index contributed by atoms with van der Waals surface area (Å²) in [5.41, 5.74) is 0.200. The van der Waals surface area contributed by atoms with E-state index in [0.717, 1.165) is 19.6 Å². The average molecular weight is 315 g/mol. The van der Waals surface area contributed by atoms with Gasteiger partial charge in [0.2, 0.25) is 0 Å². The van der Waals surface area contributed by atoms with Crippen LogP contribution in [0.3, 0.4) is 0 Å². The lowest BCUT2D eigenvalue weighted by atomic mass is 9.89. The molecule has 1 heterocycles. The average Bonchev–Trinajstić information content (AvgIpc) is 2.81. The summed E-state index contributed by atoms with van der Waals surface area (Å²) < 4.78 is 4.88. The summed E-state index contributed by atoms with van der Waals surface area (Å²) in [4.78, 5) is 16.9. The van der Waals surface area contributed by atoms with Crippen molar-refractivity contribution in [3.8, 4) is 0 Å². The first-order valence-electron chi connectivity index (χ1n) is 8.21. The van der Waals surface area contributed by atoms with Crippen molar-refractivity contribution in [2.24, 2.45) is 11.8 Å². The molecule has 1 aliphatic rings. The van der Waals surface area contributed by atoms with Crippen molar-refractivity contribution in [1.82, 2.24) is 9.80 Å². The van der Waals surface area contributed by atoms with E-state index in [-0.39, 0.29) is 17.4 Å². The summed E-state index contributed by atoms with van der Waals surface area (Å²) >= 11 is 0. The Morgan fingerprint density at radius 3 is 2.29 bits per heavy atom. The van der Waals surface area contributed by atoms with Crippen LogP contribution in [0.25, 0.3) is 0 Å². The second kappa shape index (κ2) is 7.25. The second-order valence-corrected chi connectivity index (χ2v) is 10.7. The lowest BCUT2D eigenvalue weighted by molar-refractivity contribution is -0.145. The molecule has 0 N–H and O–H groups in total. The number of rotatable bonds is 6. The SMILES string of the molecule is COC(=O)C(C)CN1CCN(C(C)(C)C(C)C)C1[SiH](C)C. The maximum absolute atomic E-state index is 11.7. The molecule has 0 amide bonds. The molecular weight excluding hydrogens is 280 g/mol. The molecule has 0 aromatic rings. The lowest BCUT2D eigenvalue weighted by Gasteiger charge is -2.45. The van der Waals surface area contributed by atoms with Crippen molar-refractivity contribution < 1.29 is 9.53 Å². The largest absolute Gasteiger partial charge is 0.469 e. The number of carbonyl (C=O) groups is 1. The van der Waals surface area contributed by atoms with Crippen molar-refractivity contribution in [2.45, 2.75) is 59.0 Å². The van der Waals surface area contributed by atoms with Crippen LogP contribution >= 0.6 is 0 Å². The summed E-state index contributed by atoms with van der Waals surface area (Å²) in [6.07, 6.45) is 0. The smallest absolute Gasteiger partial charge is 0.309 e. The third-order valence-corrected chi connectivity index (χ3v) is 7.16. The number of carbonyl (C=O) groups excluding carboxylic acids is 1. The summed E-state index contributed by atoms with van der Waals surface area (Å²) in [6.45, 7) is 19.1. The molecule has 21 heavy (non-hydrogen) atoms. The Hall–Kier alpha value is -0.393. The van der Waals surface area contributed by atoms with Gasteiger partial charge in [-0.3, -0.25) is 14.6 Å². The fraction of sp³-hybridized carbons (Fsp3) is 0.938. The maximum atomic E-state index is 11.7. The normalized spacial score (nSPS) is 23.0. The number of nitrogens with zero attached hydrogens (tertiary/aromatic N) is 2. The molecule has 1 fully saturated rings. The quantitative estimate of drug-likeness (QED) is 0.556. The van der Waals surface area contributed by atoms with Crippen molar-refractivity contribution in [2.75, 3.05) is 26.7 Å². The summed E-state index contributed by atoms with van der Waals surface area (Å²) in [5.74, 6) is 1.01. The van der Waals surface area contributed by atoms with E-state index < -0.39 is 8.80 Å². The van der Waals surface area contributed by atoms with Gasteiger partial charge in [-0.15, -0.1) is 0 Å². The Morgan fingerprint density at radius 1 is 1.29 bits per heavy atom. The summed E-state index contributed by atoms with van der Waals surface area (Å²) in [5, 5.41) is 0. The molecule has 0 spiro atoms. The minimum atomic E-state index is -0.879. The van der Waals surface area contributed by atoms with E-state index in [4.69, 9.17) is 4.74 Å². The zero-order valence-electron chi connectivity index (χ0n) is 15.1. The molecule has 2 unspecified atom stereocenters. The molecule has 0 bridgehead atoms. The zero-order valence-corrected chi connectivity index (χ0v) is 16.3. The molecule has 124 valence electrons. The van der Waals surface area contributed by atoms with Crippen LogP contribution in [0.4, 0.5) is 0 Å². The topological polar surface area (TPSA) is 32.8 Å². The van der Waals surface area contributed by atoms with E-state index in [1.54, 1.807) is 0 Å². The Bertz CT molecular complexity index is 358. The molecule has 5 heteroatoms. The second-order valence-electron chi connectivity index (χ2n) is 7.58. The van der Waals surface area contributed by atoms with Crippen molar-refractivity contribution in [1.29, 1.82) is 0 Å². The van der Waals surface area contributed by atoms with E-state index in [0.29, 0.717) is 11.7 Å². The van der Waals surface area contributed by atoms with Gasteiger partial charge in [-0.2, -0.15) is 0 Å². The van der Waals surface area contributed by atoms with Crippen molar-refractivity contribution in [3.63, 3.8) is 0 Å². The molecule has 0 radical (unpaired) electrons. The van der Waals surface area contributed by atoms with Crippen molar-refractivity contribution in [3.05, 3.63) is 0 Å². The van der Waals surface area contributed by atoms with Gasteiger partial charge in [-0.05, 0) is 19.8 Å². The molecule has 2 atom stereocenters. The van der Waals surface area contributed by atoms with E-state index in [9.17, 15) is 4.79 Å². The molecule has 1 saturated heterocycles. The highest BCUT2D eigenvalue weighted by atomic mass is 28.3. The number of hydrogen-bond acceptors (Lipinski definition) is 4. The van der Waals surface area contributed by atoms with Gasteiger partial charge in [0.1, 0.15) is 0 Å². The highest BCUT2D eigenvalue weighted by molar-refractivity contribution is 6.57. The molecule has 1 rings (SSSR count). The molecule has 1 aliphatic heterocycles. The van der Waals surface area contributed by atoms with Gasteiger partial charge in [-0.25, -0.2) is 0 Å². The summed E-state index contributed by atoms with van der Waals surface area (Å²) in [7, 11) is 0.599. The van der Waals surface area contributed by atoms with E-state index in [1.807, 2.05) is 6.92 Å². The number of hydrogen-bond donors (Lipinski definition) is 0. The summed E-state index contributed by atoms with van der Waals surface area (Å²) in [6, 6.07) is 0. The van der Waals surface area contributed by atoms with Gasteiger partial charge >= 0.3 is 5.97 Å². The van der Waals surface area contributed by atoms with Crippen LogP contribution in [-0.4, -0.2) is 62.6 Å². The number of ether oxygens (including phenoxy) is 1. The molecule has 4 nitrogen and oxygen atoms in total. The van der Waals surface area contributed by atoms with E-state index >= 15 is 0 Å². The van der Waals surface area contributed by atoms with E-state index in [1.165, 1.54) is 7.11 Å². The molecule has 0 aliphatic carbocycles. The number of esters is 1. The minimum Gasteiger partial charge on any atom is -0.469 e. The lowest BCUT2D eigenvalue weighted by Crippen LogP contribution is -2.58. The van der Waals surface area contributed by atoms with Crippen LogP contribution in [0.5, 0.6) is 0 Å². The van der Waals surface area contributed by atoms with Crippen molar-refractivity contribution >= 4 is 14.8 Å². The Kier molecular flexibility index (Phi) is 6.44. The highest BCUT2D eigenvalue weighted by Gasteiger charge is 2.43. The maximum Gasteiger partial charge on any atom is 0.309 e. The number of methoxy groups -OCH3 is 1. The minimum absolute atomic E-state index is 0.0487. The fourth-order valence-electron chi connectivity index (χ4n) is 3.27. The third-order valence-electron chi connectivity index (χ3n) is 5.18. The van der Waals surface area contributed by atoms with Crippen LogP contribution in [0, 0.1) is 11.8 Å². The van der Waals surface area contributed by atoms with Crippen LogP contribution in [0.15, 0.2) is 0 Å². The first kappa shape index (κ1) is 18.7. The Balaban J connectivity index is 2.87. The van der Waals surface area contributed by atoms with Gasteiger partial charge in [0, 0.05) is 31.0 Å². The van der Waals surface area contributed by atoms with Gasteiger partial charge in [-0.1, -0.05) is 33.9 Å². The van der Waals surface area contributed by atoms with Crippen LogP contribution in [-0.2, 0) is 9.53 Å². The Labute approximate surface area is 132 Å². The van der Waals surface area contributed by atoms with Crippen LogP contribution in [0.2, 0.25) is 13.1 Å². The first-order valence-corrected chi connectivity index (χ1v) is 11.2. The van der Waals surface area contributed by atoms with Gasteiger partial charge in [0.05, 0.1) is 21.8 Å².